The number of thiocarbonyl (C=S) groups is 1. The van der Waals surface area contributed by atoms with E-state index in [4.69, 9.17) is 17.0 Å². The third-order valence-corrected chi connectivity index (χ3v) is 3.62. The molecule has 6 nitrogen and oxygen atoms in total. The number of hydrogen-bond acceptors (Lipinski definition) is 4. The van der Waals surface area contributed by atoms with Crippen LogP contribution in [0.2, 0.25) is 0 Å². The second-order valence-electron chi connectivity index (χ2n) is 5.82. The third kappa shape index (κ3) is 6.18. The predicted molar refractivity (Wildman–Crippen MR) is 107 cm³/mol. The molecule has 26 heavy (non-hydrogen) atoms. The maximum absolute atomic E-state index is 12.0. The van der Waals surface area contributed by atoms with E-state index in [1.807, 2.05) is 32.0 Å². The molecule has 0 unspecified atom stereocenters. The summed E-state index contributed by atoms with van der Waals surface area (Å²) in [6, 6.07) is 12.8. The molecule has 7 heteroatoms. The molecule has 0 aliphatic carbocycles. The molecule has 136 valence electrons. The van der Waals surface area contributed by atoms with Crippen molar-refractivity contribution >= 4 is 40.5 Å². The van der Waals surface area contributed by atoms with E-state index in [0.717, 1.165) is 11.1 Å². The average molecular weight is 371 g/mol. The Morgan fingerprint density at radius 3 is 2.23 bits per heavy atom. The Hall–Kier alpha value is -2.93. The number of carbonyl (C=O) groups is 2. The van der Waals surface area contributed by atoms with Crippen molar-refractivity contribution in [3.05, 3.63) is 53.6 Å². The topological polar surface area (TPSA) is 79.5 Å². The maximum atomic E-state index is 12.0. The van der Waals surface area contributed by atoms with Gasteiger partial charge in [-0.15, -0.1) is 0 Å². The quantitative estimate of drug-likeness (QED) is 0.704. The number of rotatable bonds is 5. The summed E-state index contributed by atoms with van der Waals surface area (Å²) < 4.78 is 5.54. The van der Waals surface area contributed by atoms with Gasteiger partial charge in [-0.1, -0.05) is 12.1 Å². The largest absolute Gasteiger partial charge is 0.483 e. The van der Waals surface area contributed by atoms with Crippen LogP contribution in [0, 0.1) is 13.8 Å². The van der Waals surface area contributed by atoms with E-state index >= 15 is 0 Å². The minimum atomic E-state index is -0.349. The standard InChI is InChI=1S/C19H21N3O3S/c1-12-4-5-13(2)17(10-12)25-11-18(24)22-19(26)21-16-8-6-15(7-9-16)20-14(3)23/h4-10H,11H2,1-3H3,(H,20,23)(H2,21,22,24,26). The molecule has 0 radical (unpaired) electrons. The Morgan fingerprint density at radius 1 is 1.00 bits per heavy atom. The summed E-state index contributed by atoms with van der Waals surface area (Å²) >= 11 is 5.12. The minimum absolute atomic E-state index is 0.131. The Bertz CT molecular complexity index is 819. The average Bonchev–Trinajstić information content (AvgIpc) is 2.57. The van der Waals surface area contributed by atoms with E-state index in [1.54, 1.807) is 24.3 Å². The minimum Gasteiger partial charge on any atom is -0.483 e. The van der Waals surface area contributed by atoms with Crippen LogP contribution < -0.4 is 20.7 Å². The van der Waals surface area contributed by atoms with Crippen molar-refractivity contribution in [1.82, 2.24) is 5.32 Å². The molecule has 0 bridgehead atoms. The maximum Gasteiger partial charge on any atom is 0.264 e. The highest BCUT2D eigenvalue weighted by Crippen LogP contribution is 2.18. The number of ether oxygens (including phenoxy) is 1. The zero-order chi connectivity index (χ0) is 19.1. The highest BCUT2D eigenvalue weighted by atomic mass is 32.1. The van der Waals surface area contributed by atoms with Crippen LogP contribution in [0.1, 0.15) is 18.1 Å². The monoisotopic (exact) mass is 371 g/mol. The van der Waals surface area contributed by atoms with Crippen LogP contribution in [0.4, 0.5) is 11.4 Å². The summed E-state index contributed by atoms with van der Waals surface area (Å²) in [5.41, 5.74) is 3.40. The number of aryl methyl sites for hydroxylation is 2. The van der Waals surface area contributed by atoms with E-state index < -0.39 is 0 Å². The molecule has 0 spiro atoms. The Kier molecular flexibility index (Phi) is 6.68. The van der Waals surface area contributed by atoms with E-state index in [-0.39, 0.29) is 23.5 Å². The molecule has 3 N–H and O–H groups in total. The summed E-state index contributed by atoms with van der Waals surface area (Å²) in [6.07, 6.45) is 0. The molecule has 2 amide bonds. The lowest BCUT2D eigenvalue weighted by Crippen LogP contribution is -2.37. The van der Waals surface area contributed by atoms with Gasteiger partial charge in [0.25, 0.3) is 5.91 Å². The fraction of sp³-hybridized carbons (Fsp3) is 0.211. The second-order valence-corrected chi connectivity index (χ2v) is 6.23. The molecule has 0 saturated carbocycles. The Balaban J connectivity index is 1.82. The molecule has 0 aromatic heterocycles. The summed E-state index contributed by atoms with van der Waals surface area (Å²) in [5, 5.41) is 8.31. The molecular formula is C19H21N3O3S. The highest BCUT2D eigenvalue weighted by Gasteiger charge is 2.08. The van der Waals surface area contributed by atoms with Crippen molar-refractivity contribution in [2.45, 2.75) is 20.8 Å². The van der Waals surface area contributed by atoms with E-state index in [0.29, 0.717) is 17.1 Å². The van der Waals surface area contributed by atoms with Crippen LogP contribution >= 0.6 is 12.2 Å². The number of anilines is 2. The van der Waals surface area contributed by atoms with Crippen molar-refractivity contribution in [2.24, 2.45) is 0 Å². The summed E-state index contributed by atoms with van der Waals surface area (Å²) in [4.78, 5) is 23.0. The first-order valence-electron chi connectivity index (χ1n) is 8.02. The summed E-state index contributed by atoms with van der Waals surface area (Å²) in [7, 11) is 0. The van der Waals surface area contributed by atoms with Crippen molar-refractivity contribution in [2.75, 3.05) is 17.2 Å². The molecule has 0 saturated heterocycles. The van der Waals surface area contributed by atoms with Gasteiger partial charge in [0.2, 0.25) is 5.91 Å². The molecule has 0 heterocycles. The molecule has 0 atom stereocenters. The van der Waals surface area contributed by atoms with Crippen LogP contribution in [-0.2, 0) is 9.59 Å². The van der Waals surface area contributed by atoms with Crippen molar-refractivity contribution in [1.29, 1.82) is 0 Å². The van der Waals surface area contributed by atoms with Crippen LogP contribution in [0.25, 0.3) is 0 Å². The van der Waals surface area contributed by atoms with Gasteiger partial charge in [0.1, 0.15) is 5.75 Å². The first-order chi connectivity index (χ1) is 12.3. The number of amides is 2. The number of nitrogens with one attached hydrogen (secondary N) is 3. The van der Waals surface area contributed by atoms with Crippen LogP contribution in [0.15, 0.2) is 42.5 Å². The Morgan fingerprint density at radius 2 is 1.62 bits per heavy atom. The van der Waals surface area contributed by atoms with Gasteiger partial charge in [-0.05, 0) is 67.5 Å². The second kappa shape index (κ2) is 8.96. The molecule has 0 fully saturated rings. The van der Waals surface area contributed by atoms with Gasteiger partial charge < -0.3 is 15.4 Å². The van der Waals surface area contributed by atoms with Crippen LogP contribution in [0.3, 0.4) is 0 Å². The van der Waals surface area contributed by atoms with E-state index in [9.17, 15) is 9.59 Å². The summed E-state index contributed by atoms with van der Waals surface area (Å²) in [5.74, 6) is 0.184. The molecule has 0 aliphatic rings. The lowest BCUT2D eigenvalue weighted by atomic mass is 10.1. The van der Waals surface area contributed by atoms with Crippen molar-refractivity contribution < 1.29 is 14.3 Å². The molecule has 2 rings (SSSR count). The Labute approximate surface area is 157 Å². The van der Waals surface area contributed by atoms with Crippen LogP contribution in [-0.4, -0.2) is 23.5 Å². The van der Waals surface area contributed by atoms with Crippen molar-refractivity contribution in [3.63, 3.8) is 0 Å². The fourth-order valence-corrected chi connectivity index (χ4v) is 2.40. The zero-order valence-corrected chi connectivity index (χ0v) is 15.7. The highest BCUT2D eigenvalue weighted by molar-refractivity contribution is 7.80. The van der Waals surface area contributed by atoms with Gasteiger partial charge in [-0.3, -0.25) is 14.9 Å². The molecule has 0 aliphatic heterocycles. The van der Waals surface area contributed by atoms with Gasteiger partial charge in [-0.25, -0.2) is 0 Å². The predicted octanol–water partition coefficient (Wildman–Crippen LogP) is 3.15. The smallest absolute Gasteiger partial charge is 0.264 e. The number of hydrogen-bond donors (Lipinski definition) is 3. The number of carbonyl (C=O) groups excluding carboxylic acids is 2. The van der Waals surface area contributed by atoms with Gasteiger partial charge in [0.05, 0.1) is 0 Å². The summed E-state index contributed by atoms with van der Waals surface area (Å²) in [6.45, 7) is 5.19. The molecule has 2 aromatic rings. The van der Waals surface area contributed by atoms with Gasteiger partial charge >= 0.3 is 0 Å². The lowest BCUT2D eigenvalue weighted by Gasteiger charge is -2.12. The third-order valence-electron chi connectivity index (χ3n) is 3.42. The van der Waals surface area contributed by atoms with Crippen molar-refractivity contribution in [3.8, 4) is 5.75 Å². The first-order valence-corrected chi connectivity index (χ1v) is 8.43. The van der Waals surface area contributed by atoms with E-state index in [1.165, 1.54) is 6.92 Å². The normalized spacial score (nSPS) is 9.96. The molecule has 2 aromatic carbocycles. The molecular weight excluding hydrogens is 350 g/mol. The SMILES string of the molecule is CC(=O)Nc1ccc(NC(=S)NC(=O)COc2cc(C)ccc2C)cc1. The zero-order valence-electron chi connectivity index (χ0n) is 14.9. The van der Waals surface area contributed by atoms with Gasteiger partial charge in [0, 0.05) is 18.3 Å². The fourth-order valence-electron chi connectivity index (χ4n) is 2.17. The van der Waals surface area contributed by atoms with Gasteiger partial charge in [0.15, 0.2) is 11.7 Å². The van der Waals surface area contributed by atoms with Gasteiger partial charge in [-0.2, -0.15) is 0 Å². The lowest BCUT2D eigenvalue weighted by molar-refractivity contribution is -0.121. The first kappa shape index (κ1) is 19.4. The van der Waals surface area contributed by atoms with Crippen LogP contribution in [0.5, 0.6) is 5.75 Å². The number of benzene rings is 2. The van der Waals surface area contributed by atoms with E-state index in [2.05, 4.69) is 16.0 Å².